The molecule has 0 amide bonds. The highest BCUT2D eigenvalue weighted by Crippen LogP contribution is 2.38. The summed E-state index contributed by atoms with van der Waals surface area (Å²) in [5, 5.41) is 6.85. The zero-order valence-corrected chi connectivity index (χ0v) is 18.4. The Kier molecular flexibility index (Phi) is 5.87. The molecule has 3 heterocycles. The van der Waals surface area contributed by atoms with E-state index in [1.165, 1.54) is 0 Å². The van der Waals surface area contributed by atoms with E-state index < -0.39 is 0 Å². The van der Waals surface area contributed by atoms with E-state index in [1.54, 1.807) is 18.4 Å². The number of nitrogens with one attached hydrogen (secondary N) is 1. The van der Waals surface area contributed by atoms with Gasteiger partial charge in [-0.15, -0.1) is 11.3 Å². The Hall–Kier alpha value is -3.61. The van der Waals surface area contributed by atoms with Crippen molar-refractivity contribution in [3.05, 3.63) is 108 Å². The van der Waals surface area contributed by atoms with Gasteiger partial charge in [-0.3, -0.25) is 4.98 Å². The number of hydrogen-bond donors (Lipinski definition) is 1. The maximum Gasteiger partial charge on any atom is 0.158 e. The van der Waals surface area contributed by atoms with E-state index >= 15 is 0 Å². The van der Waals surface area contributed by atoms with Crippen molar-refractivity contribution in [2.75, 3.05) is 12.4 Å². The van der Waals surface area contributed by atoms with Crippen molar-refractivity contribution in [3.63, 3.8) is 0 Å². The number of anilines is 1. The van der Waals surface area contributed by atoms with Crippen LogP contribution in [0.2, 0.25) is 0 Å². The second-order valence-electron chi connectivity index (χ2n) is 7.36. The molecule has 32 heavy (non-hydrogen) atoms. The lowest BCUT2D eigenvalue weighted by Gasteiger charge is -2.21. The topological polar surface area (TPSA) is 59.9 Å². The molecule has 1 atom stereocenters. The first kappa shape index (κ1) is 20.3. The molecule has 5 rings (SSSR count). The fourth-order valence-corrected chi connectivity index (χ4v) is 4.74. The molecule has 0 spiro atoms. The van der Waals surface area contributed by atoms with Gasteiger partial charge in [-0.2, -0.15) is 0 Å². The number of methoxy groups -OCH3 is 1. The van der Waals surface area contributed by atoms with Crippen LogP contribution in [-0.2, 0) is 11.3 Å². The fourth-order valence-electron chi connectivity index (χ4n) is 3.77. The van der Waals surface area contributed by atoms with Gasteiger partial charge in [0.05, 0.1) is 17.1 Å². The monoisotopic (exact) mass is 438 g/mol. The molecule has 0 radical (unpaired) electrons. The van der Waals surface area contributed by atoms with Gasteiger partial charge in [0, 0.05) is 24.3 Å². The summed E-state index contributed by atoms with van der Waals surface area (Å²) in [6.07, 6.45) is 1.82. The lowest BCUT2D eigenvalue weighted by molar-refractivity contribution is 0.178. The van der Waals surface area contributed by atoms with Crippen LogP contribution in [0, 0.1) is 0 Å². The number of nitrogens with zero attached hydrogens (tertiary/aromatic N) is 3. The number of benzene rings is 2. The number of rotatable bonds is 7. The summed E-state index contributed by atoms with van der Waals surface area (Å²) >= 11 is 1.62. The van der Waals surface area contributed by atoms with Gasteiger partial charge in [-0.25, -0.2) is 9.97 Å². The van der Waals surface area contributed by atoms with Gasteiger partial charge < -0.3 is 10.1 Å². The van der Waals surface area contributed by atoms with Crippen molar-refractivity contribution < 1.29 is 4.74 Å². The molecule has 2 aromatic carbocycles. The third kappa shape index (κ3) is 4.10. The fraction of sp³-hybridized carbons (Fsp3) is 0.115. The molecule has 0 aliphatic heterocycles. The molecule has 0 aliphatic rings. The van der Waals surface area contributed by atoms with Gasteiger partial charge in [0.2, 0.25) is 0 Å². The van der Waals surface area contributed by atoms with Crippen molar-refractivity contribution in [1.29, 1.82) is 0 Å². The standard InChI is InChI=1S/C26H22N4OS/c1-31-16-22-28-25(23-20(17-32-26(23)29-22)18-10-4-2-5-11-18)30-24(19-12-6-3-7-13-19)21-14-8-9-15-27-21/h2-15,17,24H,16H2,1H3,(H,28,29,30). The molecule has 5 aromatic rings. The molecule has 0 saturated heterocycles. The van der Waals surface area contributed by atoms with Crippen molar-refractivity contribution in [2.24, 2.45) is 0 Å². The van der Waals surface area contributed by atoms with E-state index in [1.807, 2.05) is 60.8 Å². The van der Waals surface area contributed by atoms with Crippen LogP contribution in [0.5, 0.6) is 0 Å². The number of thiophene rings is 1. The summed E-state index contributed by atoms with van der Waals surface area (Å²) in [5.74, 6) is 1.43. The lowest BCUT2D eigenvalue weighted by Crippen LogP contribution is -2.16. The van der Waals surface area contributed by atoms with E-state index in [4.69, 9.17) is 14.7 Å². The molecule has 6 heteroatoms. The van der Waals surface area contributed by atoms with Gasteiger partial charge in [-0.1, -0.05) is 66.7 Å². The molecule has 3 aromatic heterocycles. The summed E-state index contributed by atoms with van der Waals surface area (Å²) < 4.78 is 5.34. The number of hydrogen-bond acceptors (Lipinski definition) is 6. The molecule has 1 unspecified atom stereocenters. The Morgan fingerprint density at radius 3 is 2.38 bits per heavy atom. The summed E-state index contributed by atoms with van der Waals surface area (Å²) in [6, 6.07) is 26.5. The second-order valence-corrected chi connectivity index (χ2v) is 8.22. The number of aromatic nitrogens is 3. The van der Waals surface area contributed by atoms with Crippen LogP contribution in [0.3, 0.4) is 0 Å². The smallest absolute Gasteiger partial charge is 0.158 e. The zero-order valence-electron chi connectivity index (χ0n) is 17.6. The van der Waals surface area contributed by atoms with Gasteiger partial charge in [-0.05, 0) is 23.3 Å². The van der Waals surface area contributed by atoms with Crippen LogP contribution >= 0.6 is 11.3 Å². The first-order valence-corrected chi connectivity index (χ1v) is 11.3. The highest BCUT2D eigenvalue weighted by molar-refractivity contribution is 7.17. The normalized spacial score (nSPS) is 12.0. The van der Waals surface area contributed by atoms with E-state index in [2.05, 4.69) is 39.9 Å². The number of pyridine rings is 1. The quantitative estimate of drug-likeness (QED) is 0.333. The maximum absolute atomic E-state index is 5.34. The van der Waals surface area contributed by atoms with Crippen LogP contribution < -0.4 is 5.32 Å². The Labute approximate surface area is 190 Å². The van der Waals surface area contributed by atoms with E-state index in [0.717, 1.165) is 38.4 Å². The Bertz CT molecular complexity index is 1270. The average molecular weight is 439 g/mol. The number of fused-ring (bicyclic) bond motifs is 1. The van der Waals surface area contributed by atoms with Gasteiger partial charge in [0.25, 0.3) is 0 Å². The van der Waals surface area contributed by atoms with Gasteiger partial charge >= 0.3 is 0 Å². The third-order valence-corrected chi connectivity index (χ3v) is 6.11. The number of ether oxygens (including phenoxy) is 1. The lowest BCUT2D eigenvalue weighted by atomic mass is 10.0. The van der Waals surface area contributed by atoms with E-state index in [9.17, 15) is 0 Å². The average Bonchev–Trinajstić information content (AvgIpc) is 3.28. The van der Waals surface area contributed by atoms with Crippen molar-refractivity contribution >= 4 is 27.4 Å². The molecule has 0 bridgehead atoms. The van der Waals surface area contributed by atoms with Crippen LogP contribution in [0.4, 0.5) is 5.82 Å². The Morgan fingerprint density at radius 1 is 0.906 bits per heavy atom. The largest absolute Gasteiger partial charge is 0.377 e. The molecule has 0 aliphatic carbocycles. The minimum Gasteiger partial charge on any atom is -0.377 e. The van der Waals surface area contributed by atoms with Crippen molar-refractivity contribution in [1.82, 2.24) is 15.0 Å². The Balaban J connectivity index is 1.68. The predicted octanol–water partition coefficient (Wildman–Crippen LogP) is 6.10. The van der Waals surface area contributed by atoms with Crippen molar-refractivity contribution in [3.8, 4) is 11.1 Å². The second kappa shape index (κ2) is 9.26. The van der Waals surface area contributed by atoms with Crippen LogP contribution in [0.25, 0.3) is 21.3 Å². The SMILES string of the molecule is COCc1nc(NC(c2ccccc2)c2ccccn2)c2c(-c3ccccc3)csc2n1. The first-order valence-electron chi connectivity index (χ1n) is 10.4. The zero-order chi connectivity index (χ0) is 21.8. The summed E-state index contributed by atoms with van der Waals surface area (Å²) in [5.41, 5.74) is 4.29. The summed E-state index contributed by atoms with van der Waals surface area (Å²) in [7, 11) is 1.66. The van der Waals surface area contributed by atoms with Crippen LogP contribution in [-0.4, -0.2) is 22.1 Å². The van der Waals surface area contributed by atoms with Crippen LogP contribution in [0.1, 0.15) is 23.1 Å². The highest BCUT2D eigenvalue weighted by Gasteiger charge is 2.21. The van der Waals surface area contributed by atoms with Gasteiger partial charge in [0.1, 0.15) is 17.3 Å². The summed E-state index contributed by atoms with van der Waals surface area (Å²) in [4.78, 5) is 15.2. The van der Waals surface area contributed by atoms with Crippen LogP contribution in [0.15, 0.2) is 90.4 Å². The molecule has 158 valence electrons. The first-order chi connectivity index (χ1) is 15.8. The molecular weight excluding hydrogens is 416 g/mol. The molecule has 0 fully saturated rings. The minimum atomic E-state index is -0.158. The molecule has 5 nitrogen and oxygen atoms in total. The predicted molar refractivity (Wildman–Crippen MR) is 130 cm³/mol. The molecule has 0 saturated carbocycles. The van der Waals surface area contributed by atoms with E-state index in [-0.39, 0.29) is 6.04 Å². The molecule has 1 N–H and O–H groups in total. The summed E-state index contributed by atoms with van der Waals surface area (Å²) in [6.45, 7) is 0.350. The van der Waals surface area contributed by atoms with E-state index in [0.29, 0.717) is 12.4 Å². The van der Waals surface area contributed by atoms with Crippen molar-refractivity contribution in [2.45, 2.75) is 12.6 Å². The highest BCUT2D eigenvalue weighted by atomic mass is 32.1. The Morgan fingerprint density at radius 2 is 1.66 bits per heavy atom. The third-order valence-electron chi connectivity index (χ3n) is 5.24. The molecular formula is C26H22N4OS. The van der Waals surface area contributed by atoms with Gasteiger partial charge in [0.15, 0.2) is 5.82 Å². The maximum atomic E-state index is 5.34. The minimum absolute atomic E-state index is 0.158.